The average molecular weight is 264 g/mol. The maximum absolute atomic E-state index is 12.1. The van der Waals surface area contributed by atoms with Crippen LogP contribution in [0.3, 0.4) is 0 Å². The van der Waals surface area contributed by atoms with Crippen molar-refractivity contribution < 1.29 is 14.3 Å². The van der Waals surface area contributed by atoms with Crippen molar-refractivity contribution in [3.05, 3.63) is 29.5 Å². The van der Waals surface area contributed by atoms with Gasteiger partial charge >= 0.3 is 0 Å². The SMILES string of the molecule is O=C(c1csc(-c2ccco2)n1)N1CC[C@H](O)C1. The lowest BCUT2D eigenvalue weighted by atomic mass is 10.3. The first-order valence-electron chi connectivity index (χ1n) is 5.71. The van der Waals surface area contributed by atoms with Gasteiger partial charge in [-0.1, -0.05) is 0 Å². The van der Waals surface area contributed by atoms with Crippen LogP contribution in [0.1, 0.15) is 16.9 Å². The fraction of sp³-hybridized carbons (Fsp3) is 0.333. The second-order valence-electron chi connectivity index (χ2n) is 4.21. The highest BCUT2D eigenvalue weighted by molar-refractivity contribution is 7.13. The van der Waals surface area contributed by atoms with Crippen molar-refractivity contribution in [3.63, 3.8) is 0 Å². The number of aliphatic hydroxyl groups is 1. The Labute approximate surface area is 108 Å². The van der Waals surface area contributed by atoms with E-state index in [0.29, 0.717) is 36.0 Å². The van der Waals surface area contributed by atoms with E-state index in [0.717, 1.165) is 0 Å². The van der Waals surface area contributed by atoms with Gasteiger partial charge in [0.15, 0.2) is 10.8 Å². The third kappa shape index (κ3) is 2.04. The summed E-state index contributed by atoms with van der Waals surface area (Å²) in [5.41, 5.74) is 0.417. The molecular weight excluding hydrogens is 252 g/mol. The molecule has 0 radical (unpaired) electrons. The van der Waals surface area contributed by atoms with Gasteiger partial charge in [-0.25, -0.2) is 4.98 Å². The molecule has 18 heavy (non-hydrogen) atoms. The molecule has 6 heteroatoms. The van der Waals surface area contributed by atoms with E-state index in [-0.39, 0.29) is 5.91 Å². The molecule has 94 valence electrons. The molecule has 0 aromatic carbocycles. The Morgan fingerprint density at radius 1 is 1.61 bits per heavy atom. The van der Waals surface area contributed by atoms with Crippen LogP contribution in [0, 0.1) is 0 Å². The molecule has 0 spiro atoms. The molecule has 1 aliphatic rings. The number of furan rings is 1. The maximum Gasteiger partial charge on any atom is 0.273 e. The molecule has 1 saturated heterocycles. The van der Waals surface area contributed by atoms with E-state index >= 15 is 0 Å². The van der Waals surface area contributed by atoms with Gasteiger partial charge in [-0.15, -0.1) is 11.3 Å². The summed E-state index contributed by atoms with van der Waals surface area (Å²) >= 11 is 1.38. The summed E-state index contributed by atoms with van der Waals surface area (Å²) in [4.78, 5) is 18.0. The maximum atomic E-state index is 12.1. The summed E-state index contributed by atoms with van der Waals surface area (Å²) < 4.78 is 5.24. The number of thiazole rings is 1. The van der Waals surface area contributed by atoms with Crippen molar-refractivity contribution in [2.24, 2.45) is 0 Å². The molecule has 1 amide bonds. The van der Waals surface area contributed by atoms with Gasteiger partial charge in [-0.2, -0.15) is 0 Å². The highest BCUT2D eigenvalue weighted by atomic mass is 32.1. The van der Waals surface area contributed by atoms with Crippen molar-refractivity contribution in [3.8, 4) is 10.8 Å². The van der Waals surface area contributed by atoms with Crippen molar-refractivity contribution in [1.82, 2.24) is 9.88 Å². The Hall–Kier alpha value is -1.66. The normalized spacial score (nSPS) is 19.4. The Morgan fingerprint density at radius 2 is 2.50 bits per heavy atom. The standard InChI is InChI=1S/C12H12N2O3S/c15-8-3-4-14(6-8)12(16)9-7-18-11(13-9)10-2-1-5-17-10/h1-2,5,7-8,15H,3-4,6H2/t8-/m0/s1. The van der Waals surface area contributed by atoms with Gasteiger partial charge in [-0.05, 0) is 18.6 Å². The smallest absolute Gasteiger partial charge is 0.273 e. The summed E-state index contributed by atoms with van der Waals surface area (Å²) in [5.74, 6) is 0.543. The third-order valence-electron chi connectivity index (χ3n) is 2.91. The third-order valence-corrected chi connectivity index (χ3v) is 3.76. The first kappa shape index (κ1) is 11.4. The van der Waals surface area contributed by atoms with Crippen LogP contribution in [0.5, 0.6) is 0 Å². The molecule has 0 bridgehead atoms. The molecule has 1 N–H and O–H groups in total. The molecule has 1 fully saturated rings. The highest BCUT2D eigenvalue weighted by Gasteiger charge is 2.27. The summed E-state index contributed by atoms with van der Waals surface area (Å²) in [6.07, 6.45) is 1.81. The van der Waals surface area contributed by atoms with E-state index < -0.39 is 6.10 Å². The minimum atomic E-state index is -0.405. The molecule has 0 unspecified atom stereocenters. The van der Waals surface area contributed by atoms with Gasteiger partial charge in [0.1, 0.15) is 5.69 Å². The lowest BCUT2D eigenvalue weighted by Gasteiger charge is -2.13. The molecule has 1 atom stereocenters. The molecule has 1 aliphatic heterocycles. The minimum Gasteiger partial charge on any atom is -0.462 e. The first-order chi connectivity index (χ1) is 8.74. The molecule has 0 aliphatic carbocycles. The van der Waals surface area contributed by atoms with Crippen LogP contribution >= 0.6 is 11.3 Å². The lowest BCUT2D eigenvalue weighted by Crippen LogP contribution is -2.29. The van der Waals surface area contributed by atoms with Crippen LogP contribution in [-0.4, -0.2) is 40.1 Å². The van der Waals surface area contributed by atoms with E-state index in [9.17, 15) is 9.90 Å². The molecule has 2 aromatic heterocycles. The molecule has 0 saturated carbocycles. The number of nitrogens with zero attached hydrogens (tertiary/aromatic N) is 2. The van der Waals surface area contributed by atoms with Crippen LogP contribution < -0.4 is 0 Å². The van der Waals surface area contributed by atoms with Crippen molar-refractivity contribution in [2.45, 2.75) is 12.5 Å². The molecule has 3 rings (SSSR count). The summed E-state index contributed by atoms with van der Waals surface area (Å²) in [7, 11) is 0. The Morgan fingerprint density at radius 3 is 3.17 bits per heavy atom. The minimum absolute atomic E-state index is 0.124. The van der Waals surface area contributed by atoms with E-state index in [1.807, 2.05) is 6.07 Å². The van der Waals surface area contributed by atoms with Crippen LogP contribution in [-0.2, 0) is 0 Å². The number of β-amino-alcohol motifs (C(OH)–C–C–N with tert-alkyl or cyclic N) is 1. The lowest BCUT2D eigenvalue weighted by molar-refractivity contribution is 0.0760. The Kier molecular flexibility index (Phi) is 2.89. The number of amides is 1. The molecule has 2 aromatic rings. The fourth-order valence-electron chi connectivity index (χ4n) is 1.97. The summed E-state index contributed by atoms with van der Waals surface area (Å²) in [5, 5.41) is 11.8. The number of likely N-dealkylation sites (tertiary alicyclic amines) is 1. The van der Waals surface area contributed by atoms with E-state index in [1.54, 1.807) is 22.6 Å². The molecule has 3 heterocycles. The topological polar surface area (TPSA) is 66.6 Å². The number of hydrogen-bond donors (Lipinski definition) is 1. The Bertz CT molecular complexity index is 549. The van der Waals surface area contributed by atoms with Gasteiger partial charge in [0.25, 0.3) is 5.91 Å². The van der Waals surface area contributed by atoms with Crippen LogP contribution in [0.2, 0.25) is 0 Å². The van der Waals surface area contributed by atoms with Gasteiger partial charge in [0.2, 0.25) is 0 Å². The number of rotatable bonds is 2. The number of carbonyl (C=O) groups excluding carboxylic acids is 1. The average Bonchev–Trinajstić information content (AvgIpc) is 3.09. The second kappa shape index (κ2) is 4.55. The monoisotopic (exact) mass is 264 g/mol. The fourth-order valence-corrected chi connectivity index (χ4v) is 2.73. The quantitative estimate of drug-likeness (QED) is 0.895. The van der Waals surface area contributed by atoms with Gasteiger partial charge in [-0.3, -0.25) is 4.79 Å². The van der Waals surface area contributed by atoms with Gasteiger partial charge in [0, 0.05) is 18.5 Å². The Balaban J connectivity index is 1.79. The zero-order valence-corrected chi connectivity index (χ0v) is 10.4. The molecular formula is C12H12N2O3S. The number of aliphatic hydroxyl groups excluding tert-OH is 1. The number of hydrogen-bond acceptors (Lipinski definition) is 5. The van der Waals surface area contributed by atoms with Crippen LogP contribution in [0.4, 0.5) is 0 Å². The predicted molar refractivity (Wildman–Crippen MR) is 66.3 cm³/mol. The first-order valence-corrected chi connectivity index (χ1v) is 6.59. The van der Waals surface area contributed by atoms with Crippen LogP contribution in [0.15, 0.2) is 28.2 Å². The highest BCUT2D eigenvalue weighted by Crippen LogP contribution is 2.25. The van der Waals surface area contributed by atoms with Gasteiger partial charge in [0.05, 0.1) is 12.4 Å². The summed E-state index contributed by atoms with van der Waals surface area (Å²) in [6.45, 7) is 0.986. The van der Waals surface area contributed by atoms with Crippen molar-refractivity contribution >= 4 is 17.2 Å². The largest absolute Gasteiger partial charge is 0.462 e. The van der Waals surface area contributed by atoms with Crippen LogP contribution in [0.25, 0.3) is 10.8 Å². The summed E-state index contributed by atoms with van der Waals surface area (Å²) in [6, 6.07) is 3.60. The second-order valence-corrected chi connectivity index (χ2v) is 5.07. The van der Waals surface area contributed by atoms with E-state index in [1.165, 1.54) is 11.3 Å². The van der Waals surface area contributed by atoms with Crippen molar-refractivity contribution in [2.75, 3.05) is 13.1 Å². The van der Waals surface area contributed by atoms with E-state index in [2.05, 4.69) is 4.98 Å². The zero-order valence-electron chi connectivity index (χ0n) is 9.57. The number of carbonyl (C=O) groups is 1. The predicted octanol–water partition coefficient (Wildman–Crippen LogP) is 1.61. The van der Waals surface area contributed by atoms with Gasteiger partial charge < -0.3 is 14.4 Å². The van der Waals surface area contributed by atoms with Crippen molar-refractivity contribution in [1.29, 1.82) is 0 Å². The number of aromatic nitrogens is 1. The van der Waals surface area contributed by atoms with E-state index in [4.69, 9.17) is 4.42 Å². The zero-order chi connectivity index (χ0) is 12.5. The molecule has 5 nitrogen and oxygen atoms in total.